The Morgan fingerprint density at radius 3 is 2.63 bits per heavy atom. The van der Waals surface area contributed by atoms with Crippen LogP contribution in [0.5, 0.6) is 0 Å². The Morgan fingerprint density at radius 2 is 1.97 bits per heavy atom. The van der Waals surface area contributed by atoms with Gasteiger partial charge in [-0.05, 0) is 32.9 Å². The SMILES string of the molecule is CC(Cc1ncccc1Cl)Nc1ncc(-c2ncc(CNC(=O)C(C)(C)O)s2)cn1. The summed E-state index contributed by atoms with van der Waals surface area (Å²) >= 11 is 7.59. The van der Waals surface area contributed by atoms with Crippen LogP contribution in [-0.4, -0.2) is 42.6 Å². The van der Waals surface area contributed by atoms with Crippen molar-refractivity contribution in [3.63, 3.8) is 0 Å². The van der Waals surface area contributed by atoms with Gasteiger partial charge in [0, 0.05) is 47.7 Å². The van der Waals surface area contributed by atoms with E-state index in [0.717, 1.165) is 21.1 Å². The van der Waals surface area contributed by atoms with Crippen molar-refractivity contribution in [1.82, 2.24) is 25.3 Å². The van der Waals surface area contributed by atoms with Gasteiger partial charge in [0.15, 0.2) is 0 Å². The van der Waals surface area contributed by atoms with Crippen LogP contribution >= 0.6 is 22.9 Å². The lowest BCUT2D eigenvalue weighted by atomic mass is 10.1. The third kappa shape index (κ3) is 5.94. The zero-order valence-corrected chi connectivity index (χ0v) is 18.5. The Morgan fingerprint density at radius 1 is 1.23 bits per heavy atom. The second-order valence-electron chi connectivity index (χ2n) is 7.35. The van der Waals surface area contributed by atoms with Crippen molar-refractivity contribution >= 4 is 34.8 Å². The van der Waals surface area contributed by atoms with Crippen LogP contribution in [0.25, 0.3) is 10.6 Å². The molecule has 0 saturated heterocycles. The van der Waals surface area contributed by atoms with Crippen LogP contribution in [0, 0.1) is 0 Å². The Hall–Kier alpha value is -2.62. The number of aliphatic hydroxyl groups is 1. The summed E-state index contributed by atoms with van der Waals surface area (Å²) in [6.07, 6.45) is 7.46. The number of anilines is 1. The molecule has 10 heteroatoms. The van der Waals surface area contributed by atoms with Gasteiger partial charge >= 0.3 is 0 Å². The molecule has 3 N–H and O–H groups in total. The van der Waals surface area contributed by atoms with Gasteiger partial charge in [-0.2, -0.15) is 0 Å². The third-order valence-corrected chi connectivity index (χ3v) is 5.53. The summed E-state index contributed by atoms with van der Waals surface area (Å²) < 4.78 is 0. The van der Waals surface area contributed by atoms with Gasteiger partial charge in [-0.1, -0.05) is 11.6 Å². The Balaban J connectivity index is 1.57. The van der Waals surface area contributed by atoms with E-state index in [1.54, 1.807) is 30.9 Å². The zero-order chi connectivity index (χ0) is 21.7. The Kier molecular flexibility index (Phi) is 6.96. The fourth-order valence-electron chi connectivity index (χ4n) is 2.55. The molecule has 0 bridgehead atoms. The highest BCUT2D eigenvalue weighted by Crippen LogP contribution is 2.24. The van der Waals surface area contributed by atoms with Crippen molar-refractivity contribution < 1.29 is 9.90 Å². The van der Waals surface area contributed by atoms with Crippen LogP contribution < -0.4 is 10.6 Å². The van der Waals surface area contributed by atoms with Gasteiger partial charge in [0.2, 0.25) is 5.95 Å². The Bertz CT molecular complexity index is 1000. The molecule has 1 amide bonds. The van der Waals surface area contributed by atoms with Gasteiger partial charge < -0.3 is 15.7 Å². The van der Waals surface area contributed by atoms with Crippen LogP contribution in [0.2, 0.25) is 5.02 Å². The summed E-state index contributed by atoms with van der Waals surface area (Å²) in [4.78, 5) is 30.0. The lowest BCUT2D eigenvalue weighted by molar-refractivity contribution is -0.136. The van der Waals surface area contributed by atoms with Gasteiger partial charge in [-0.25, -0.2) is 15.0 Å². The largest absolute Gasteiger partial charge is 0.381 e. The molecule has 3 aromatic heterocycles. The molecule has 0 fully saturated rings. The maximum atomic E-state index is 11.8. The van der Waals surface area contributed by atoms with E-state index in [0.29, 0.717) is 23.9 Å². The number of carbonyl (C=O) groups is 1. The minimum atomic E-state index is -1.41. The van der Waals surface area contributed by atoms with E-state index in [1.807, 2.05) is 13.0 Å². The van der Waals surface area contributed by atoms with Gasteiger partial charge in [0.25, 0.3) is 5.91 Å². The molecule has 30 heavy (non-hydrogen) atoms. The fourth-order valence-corrected chi connectivity index (χ4v) is 3.57. The van der Waals surface area contributed by atoms with Gasteiger partial charge in [0.1, 0.15) is 10.6 Å². The molecule has 3 aromatic rings. The number of halogens is 1. The van der Waals surface area contributed by atoms with E-state index < -0.39 is 11.5 Å². The Labute approximate surface area is 183 Å². The highest BCUT2D eigenvalue weighted by Gasteiger charge is 2.23. The molecule has 3 rings (SSSR count). The van der Waals surface area contributed by atoms with E-state index >= 15 is 0 Å². The molecule has 8 nitrogen and oxygen atoms in total. The third-order valence-electron chi connectivity index (χ3n) is 4.14. The number of pyridine rings is 1. The summed E-state index contributed by atoms with van der Waals surface area (Å²) in [5, 5.41) is 17.0. The molecular formula is C20H23ClN6O2S. The molecule has 3 heterocycles. The van der Waals surface area contributed by atoms with Crippen LogP contribution in [-0.2, 0) is 17.8 Å². The molecule has 0 saturated carbocycles. The van der Waals surface area contributed by atoms with Crippen LogP contribution in [0.1, 0.15) is 31.3 Å². The van der Waals surface area contributed by atoms with Crippen molar-refractivity contribution in [3.05, 3.63) is 52.5 Å². The molecule has 0 aromatic carbocycles. The van der Waals surface area contributed by atoms with Crippen LogP contribution in [0.15, 0.2) is 36.9 Å². The van der Waals surface area contributed by atoms with Crippen molar-refractivity contribution in [3.8, 4) is 10.6 Å². The number of thiazole rings is 1. The molecule has 0 spiro atoms. The number of carbonyl (C=O) groups excluding carboxylic acids is 1. The average Bonchev–Trinajstić information content (AvgIpc) is 3.16. The van der Waals surface area contributed by atoms with Gasteiger partial charge in [-0.15, -0.1) is 11.3 Å². The first-order valence-electron chi connectivity index (χ1n) is 9.36. The fraction of sp³-hybridized carbons (Fsp3) is 0.350. The predicted molar refractivity (Wildman–Crippen MR) is 117 cm³/mol. The van der Waals surface area contributed by atoms with E-state index in [-0.39, 0.29) is 6.04 Å². The number of amides is 1. The number of hydrogen-bond acceptors (Lipinski definition) is 8. The van der Waals surface area contributed by atoms with Crippen LogP contribution in [0.4, 0.5) is 5.95 Å². The highest BCUT2D eigenvalue weighted by molar-refractivity contribution is 7.15. The summed E-state index contributed by atoms with van der Waals surface area (Å²) in [5.41, 5.74) is 0.192. The normalized spacial score (nSPS) is 12.4. The molecule has 0 aliphatic rings. The first kappa shape index (κ1) is 22.1. The van der Waals surface area contributed by atoms with E-state index in [4.69, 9.17) is 11.6 Å². The lowest BCUT2D eigenvalue weighted by Gasteiger charge is -2.15. The summed E-state index contributed by atoms with van der Waals surface area (Å²) in [6, 6.07) is 3.67. The quantitative estimate of drug-likeness (QED) is 0.487. The molecule has 0 aliphatic heterocycles. The molecule has 158 valence electrons. The van der Waals surface area contributed by atoms with Gasteiger partial charge in [-0.3, -0.25) is 9.78 Å². The minimum absolute atomic E-state index is 0.0501. The molecule has 0 radical (unpaired) electrons. The second kappa shape index (κ2) is 9.46. The number of hydrogen-bond donors (Lipinski definition) is 3. The number of nitrogens with one attached hydrogen (secondary N) is 2. The lowest BCUT2D eigenvalue weighted by Crippen LogP contribution is -2.41. The monoisotopic (exact) mass is 446 g/mol. The van der Waals surface area contributed by atoms with Crippen LogP contribution in [0.3, 0.4) is 0 Å². The average molecular weight is 447 g/mol. The summed E-state index contributed by atoms with van der Waals surface area (Å²) in [7, 11) is 0. The van der Waals surface area contributed by atoms with Crippen molar-refractivity contribution in [2.45, 2.75) is 45.4 Å². The van der Waals surface area contributed by atoms with Crippen molar-refractivity contribution in [2.24, 2.45) is 0 Å². The van der Waals surface area contributed by atoms with E-state index in [1.165, 1.54) is 25.2 Å². The number of nitrogens with zero attached hydrogens (tertiary/aromatic N) is 4. The topological polar surface area (TPSA) is 113 Å². The summed E-state index contributed by atoms with van der Waals surface area (Å²) in [6.45, 7) is 5.20. The number of aromatic nitrogens is 4. The van der Waals surface area contributed by atoms with Gasteiger partial charge in [0.05, 0.1) is 17.3 Å². The minimum Gasteiger partial charge on any atom is -0.381 e. The molecule has 0 aliphatic carbocycles. The molecular weight excluding hydrogens is 424 g/mol. The standard InChI is InChI=1S/C20H23ClN6O2S/c1-12(7-16-15(21)5-4-6-22-16)27-19-25-8-13(9-26-19)17-23-10-14(30-17)11-24-18(28)20(2,3)29/h4-6,8-10,12,29H,7,11H2,1-3H3,(H,24,28)(H,25,26,27). The van der Waals surface area contributed by atoms with Crippen molar-refractivity contribution in [1.29, 1.82) is 0 Å². The second-order valence-corrected chi connectivity index (χ2v) is 8.87. The maximum absolute atomic E-state index is 11.8. The molecule has 1 atom stereocenters. The summed E-state index contributed by atoms with van der Waals surface area (Å²) in [5.74, 6) is 0.0739. The maximum Gasteiger partial charge on any atom is 0.251 e. The smallest absolute Gasteiger partial charge is 0.251 e. The van der Waals surface area contributed by atoms with Crippen molar-refractivity contribution in [2.75, 3.05) is 5.32 Å². The first-order valence-corrected chi connectivity index (χ1v) is 10.6. The zero-order valence-electron chi connectivity index (χ0n) is 16.9. The van der Waals surface area contributed by atoms with E-state index in [2.05, 4.69) is 30.6 Å². The molecule has 1 unspecified atom stereocenters. The van der Waals surface area contributed by atoms with E-state index in [9.17, 15) is 9.90 Å². The highest BCUT2D eigenvalue weighted by atomic mass is 35.5. The number of rotatable bonds is 8. The first-order chi connectivity index (χ1) is 14.2. The predicted octanol–water partition coefficient (Wildman–Crippen LogP) is 3.08.